The van der Waals surface area contributed by atoms with Crippen LogP contribution in [0.4, 0.5) is 23.3 Å². The Morgan fingerprint density at radius 2 is 1.97 bits per heavy atom. The average Bonchev–Trinajstić information content (AvgIpc) is 3.22. The van der Waals surface area contributed by atoms with Crippen LogP contribution in [0.5, 0.6) is 0 Å². The molecule has 1 saturated carbocycles. The number of nitrogens with one attached hydrogen (secondary N) is 4. The molecule has 2 fully saturated rings. The summed E-state index contributed by atoms with van der Waals surface area (Å²) in [6, 6.07) is 13.4. The number of hydrogen-bond donors (Lipinski definition) is 4. The first-order chi connectivity index (χ1) is 17.6. The van der Waals surface area contributed by atoms with Crippen molar-refractivity contribution in [1.29, 1.82) is 0 Å². The van der Waals surface area contributed by atoms with Gasteiger partial charge < -0.3 is 25.3 Å². The van der Waals surface area contributed by atoms with Crippen LogP contribution in [-0.2, 0) is 0 Å². The molecule has 0 unspecified atom stereocenters. The second-order valence-corrected chi connectivity index (χ2v) is 9.46. The number of furan rings is 1. The summed E-state index contributed by atoms with van der Waals surface area (Å²) in [7, 11) is 0. The molecule has 3 aromatic heterocycles. The SMILES string of the molecule is Cc1cc(Nc2cc(C3CC3)[nH]n2)nc(Nc2c#cc3oc(C(=O)NCCN4CCCC4)cc3c2)n1. The van der Waals surface area contributed by atoms with Gasteiger partial charge in [-0.25, -0.2) is 4.98 Å². The summed E-state index contributed by atoms with van der Waals surface area (Å²) in [6.45, 7) is 5.57. The van der Waals surface area contributed by atoms with E-state index in [9.17, 15) is 4.79 Å². The zero-order valence-electron chi connectivity index (χ0n) is 20.1. The number of aromatic nitrogens is 4. The summed E-state index contributed by atoms with van der Waals surface area (Å²) in [5.41, 5.74) is 3.05. The quantitative estimate of drug-likeness (QED) is 0.281. The predicted octanol–water partition coefficient (Wildman–Crippen LogP) is 4.04. The molecular weight excluding hydrogens is 456 g/mol. The lowest BCUT2D eigenvalue weighted by Gasteiger charge is -2.14. The molecule has 0 spiro atoms. The Morgan fingerprint density at radius 1 is 1.11 bits per heavy atom. The third-order valence-electron chi connectivity index (χ3n) is 6.48. The fourth-order valence-corrected chi connectivity index (χ4v) is 4.47. The van der Waals surface area contributed by atoms with Gasteiger partial charge in [0.05, 0.1) is 5.69 Å². The standard InChI is InChI=1S/C26H28N8O2/c1-16-12-23(30-24-15-20(32-33-24)17-4-5-17)31-26(28-16)29-19-6-7-21-18(13-19)14-22(36-21)25(35)27-8-11-34-9-2-3-10-34/h12-15,17H,2-5,8-11H2,1H3,(H,27,35)(H3,28,29,30,31,32,33). The molecule has 4 N–H and O–H groups in total. The number of amides is 1. The smallest absolute Gasteiger partial charge is 0.287 e. The maximum absolute atomic E-state index is 12.5. The van der Waals surface area contributed by atoms with E-state index in [0.717, 1.165) is 42.2 Å². The highest BCUT2D eigenvalue weighted by atomic mass is 16.3. The third-order valence-corrected chi connectivity index (χ3v) is 6.48. The molecule has 36 heavy (non-hydrogen) atoms. The summed E-state index contributed by atoms with van der Waals surface area (Å²) in [5, 5.41) is 17.5. The Labute approximate surface area is 208 Å². The molecule has 10 heteroatoms. The van der Waals surface area contributed by atoms with E-state index in [-0.39, 0.29) is 11.7 Å². The van der Waals surface area contributed by atoms with Crippen LogP contribution in [0.15, 0.2) is 28.7 Å². The normalized spacial score (nSPS) is 15.7. The molecule has 0 bridgehead atoms. The first kappa shape index (κ1) is 22.4. The molecule has 0 radical (unpaired) electrons. The Bertz CT molecular complexity index is 1380. The zero-order valence-corrected chi connectivity index (χ0v) is 20.1. The van der Waals surface area contributed by atoms with Crippen molar-refractivity contribution >= 4 is 40.1 Å². The number of H-pyrrole nitrogens is 1. The number of anilines is 4. The van der Waals surface area contributed by atoms with Crippen LogP contribution >= 0.6 is 0 Å². The van der Waals surface area contributed by atoms with Crippen molar-refractivity contribution in [3.05, 3.63) is 53.5 Å². The fourth-order valence-electron chi connectivity index (χ4n) is 4.47. The molecule has 184 valence electrons. The number of nitrogens with zero attached hydrogens (tertiary/aromatic N) is 4. The molecule has 1 aliphatic carbocycles. The van der Waals surface area contributed by atoms with Crippen molar-refractivity contribution in [3.63, 3.8) is 0 Å². The topological polar surface area (TPSA) is 124 Å². The van der Waals surface area contributed by atoms with Gasteiger partial charge in [0.1, 0.15) is 5.82 Å². The van der Waals surface area contributed by atoms with E-state index < -0.39 is 0 Å². The molecule has 4 aromatic rings. The number of carbonyl (C=O) groups excluding carboxylic acids is 1. The summed E-state index contributed by atoms with van der Waals surface area (Å²) in [5.74, 6) is 2.42. The number of likely N-dealkylation sites (tertiary alicyclic amines) is 1. The van der Waals surface area contributed by atoms with Gasteiger partial charge in [0, 0.05) is 47.9 Å². The summed E-state index contributed by atoms with van der Waals surface area (Å²) in [4.78, 5) is 23.9. The highest BCUT2D eigenvalue weighted by molar-refractivity contribution is 5.96. The van der Waals surface area contributed by atoms with Crippen molar-refractivity contribution < 1.29 is 9.21 Å². The van der Waals surface area contributed by atoms with E-state index in [1.165, 1.54) is 25.7 Å². The molecule has 6 rings (SSSR count). The van der Waals surface area contributed by atoms with Gasteiger partial charge in [-0.3, -0.25) is 9.89 Å². The minimum absolute atomic E-state index is 0.228. The fraction of sp³-hybridized carbons (Fsp3) is 0.385. The largest absolute Gasteiger partial charge is 0.442 e. The van der Waals surface area contributed by atoms with Crippen LogP contribution in [0.3, 0.4) is 0 Å². The monoisotopic (exact) mass is 484 g/mol. The number of rotatable bonds is 9. The van der Waals surface area contributed by atoms with Crippen molar-refractivity contribution in [2.75, 3.05) is 36.8 Å². The Hall–Kier alpha value is -4.10. The van der Waals surface area contributed by atoms with E-state index in [1.807, 2.05) is 25.1 Å². The van der Waals surface area contributed by atoms with Crippen LogP contribution < -0.4 is 16.0 Å². The molecule has 10 nitrogen and oxygen atoms in total. The average molecular weight is 485 g/mol. The Morgan fingerprint density at radius 3 is 2.81 bits per heavy atom. The van der Waals surface area contributed by atoms with Gasteiger partial charge in [0.2, 0.25) is 5.95 Å². The summed E-state index contributed by atoms with van der Waals surface area (Å²) >= 11 is 0. The van der Waals surface area contributed by atoms with Crippen molar-refractivity contribution in [2.24, 2.45) is 0 Å². The van der Waals surface area contributed by atoms with Crippen molar-refractivity contribution in [3.8, 4) is 0 Å². The molecule has 1 amide bonds. The molecule has 1 aromatic carbocycles. The first-order valence-corrected chi connectivity index (χ1v) is 12.4. The van der Waals surface area contributed by atoms with E-state index in [1.54, 1.807) is 6.07 Å². The maximum Gasteiger partial charge on any atom is 0.287 e. The van der Waals surface area contributed by atoms with Crippen molar-refractivity contribution in [1.82, 2.24) is 30.4 Å². The van der Waals surface area contributed by atoms with E-state index in [4.69, 9.17) is 4.42 Å². The number of aryl methyl sites for hydroxylation is 1. The Balaban J connectivity index is 1.11. The van der Waals surface area contributed by atoms with Gasteiger partial charge >= 0.3 is 0 Å². The van der Waals surface area contributed by atoms with E-state index in [0.29, 0.717) is 35.5 Å². The number of hydrogen-bond acceptors (Lipinski definition) is 8. The molecular formula is C26H28N8O2. The number of fused-ring (bicyclic) bond motifs is 1. The summed E-state index contributed by atoms with van der Waals surface area (Å²) < 4.78 is 5.69. The van der Waals surface area contributed by atoms with Crippen LogP contribution in [0.25, 0.3) is 11.0 Å². The van der Waals surface area contributed by atoms with Gasteiger partial charge in [-0.1, -0.05) is 0 Å². The van der Waals surface area contributed by atoms with Crippen molar-refractivity contribution in [2.45, 2.75) is 38.5 Å². The second-order valence-electron chi connectivity index (χ2n) is 9.46. The van der Waals surface area contributed by atoms with Gasteiger partial charge in [-0.05, 0) is 70.0 Å². The van der Waals surface area contributed by atoms with Gasteiger partial charge in [-0.15, -0.1) is 0 Å². The lowest BCUT2D eigenvalue weighted by molar-refractivity contribution is 0.0924. The van der Waals surface area contributed by atoms with E-state index in [2.05, 4.69) is 53.1 Å². The van der Waals surface area contributed by atoms with Crippen LogP contribution in [0, 0.1) is 19.1 Å². The molecule has 4 heterocycles. The highest BCUT2D eigenvalue weighted by Crippen LogP contribution is 2.39. The van der Waals surface area contributed by atoms with Crippen LogP contribution in [-0.4, -0.2) is 57.2 Å². The van der Waals surface area contributed by atoms with E-state index >= 15 is 0 Å². The highest BCUT2D eigenvalue weighted by Gasteiger charge is 2.25. The minimum Gasteiger partial charge on any atom is -0.442 e. The predicted molar refractivity (Wildman–Crippen MR) is 136 cm³/mol. The lowest BCUT2D eigenvalue weighted by Crippen LogP contribution is -2.33. The Kier molecular flexibility index (Phi) is 5.91. The zero-order chi connectivity index (χ0) is 24.5. The number of aromatic amines is 1. The lowest BCUT2D eigenvalue weighted by atomic mass is 10.2. The molecule has 1 aliphatic heterocycles. The second kappa shape index (κ2) is 9.51. The van der Waals surface area contributed by atoms with Gasteiger partial charge in [0.25, 0.3) is 5.91 Å². The first-order valence-electron chi connectivity index (χ1n) is 12.4. The van der Waals surface area contributed by atoms with Crippen LogP contribution in [0.1, 0.15) is 53.5 Å². The maximum atomic E-state index is 12.5. The molecule has 0 atom stereocenters. The van der Waals surface area contributed by atoms with Gasteiger partial charge in [-0.2, -0.15) is 10.1 Å². The molecule has 1 saturated heterocycles. The number of carbonyl (C=O) groups is 1. The molecule has 2 aliphatic rings. The minimum atomic E-state index is -0.228. The van der Waals surface area contributed by atoms with Gasteiger partial charge in [0.15, 0.2) is 17.2 Å². The summed E-state index contributed by atoms with van der Waals surface area (Å²) in [6.07, 6.45) is 4.89. The van der Waals surface area contributed by atoms with Crippen LogP contribution in [0.2, 0.25) is 0 Å². The third kappa shape index (κ3) is 5.11.